The molecule has 0 aromatic heterocycles. The molecule has 2 bridgehead atoms. The van der Waals surface area contributed by atoms with Crippen LogP contribution in [0.15, 0.2) is 0 Å². The van der Waals surface area contributed by atoms with Gasteiger partial charge in [-0.2, -0.15) is 0 Å². The van der Waals surface area contributed by atoms with E-state index in [2.05, 4.69) is 0 Å². The van der Waals surface area contributed by atoms with Crippen LogP contribution in [0.3, 0.4) is 0 Å². The predicted octanol–water partition coefficient (Wildman–Crippen LogP) is 1.66. The molecule has 1 N–H and O–H groups in total. The Bertz CT molecular complexity index is 235. The molecule has 0 amide bonds. The quantitative estimate of drug-likeness (QED) is 0.577. The van der Waals surface area contributed by atoms with E-state index in [0.717, 1.165) is 41.9 Å². The van der Waals surface area contributed by atoms with E-state index in [-0.39, 0.29) is 6.10 Å². The lowest BCUT2D eigenvalue weighted by Gasteiger charge is -2.62. The summed E-state index contributed by atoms with van der Waals surface area (Å²) in [5.74, 6) is 5.94. The number of hydrogen-bond acceptors (Lipinski definition) is 1. The van der Waals surface area contributed by atoms with E-state index in [1.165, 1.54) is 19.3 Å². The SMILES string of the molecule is OC1CC2CC1C1C3CCC3C21. The lowest BCUT2D eigenvalue weighted by molar-refractivity contribution is -0.153. The monoisotopic (exact) mass is 164 g/mol. The predicted molar refractivity (Wildman–Crippen MR) is 45.4 cm³/mol. The minimum Gasteiger partial charge on any atom is -0.393 e. The molecule has 4 saturated carbocycles. The first-order valence-corrected chi connectivity index (χ1v) is 5.54. The Morgan fingerprint density at radius 2 is 1.58 bits per heavy atom. The van der Waals surface area contributed by atoms with Crippen molar-refractivity contribution in [1.82, 2.24) is 0 Å². The molecular weight excluding hydrogens is 148 g/mol. The van der Waals surface area contributed by atoms with Gasteiger partial charge in [-0.25, -0.2) is 0 Å². The Morgan fingerprint density at radius 1 is 0.833 bits per heavy atom. The zero-order valence-electron chi connectivity index (χ0n) is 7.32. The van der Waals surface area contributed by atoms with Crippen LogP contribution in [0.25, 0.3) is 0 Å². The molecule has 0 heterocycles. The van der Waals surface area contributed by atoms with Gasteiger partial charge in [0.2, 0.25) is 0 Å². The second-order valence-electron chi connectivity index (χ2n) is 5.52. The molecule has 0 saturated heterocycles. The molecule has 0 spiro atoms. The molecule has 1 heteroatoms. The van der Waals surface area contributed by atoms with Gasteiger partial charge in [-0.15, -0.1) is 0 Å². The lowest BCUT2D eigenvalue weighted by Crippen LogP contribution is -2.57. The highest BCUT2D eigenvalue weighted by atomic mass is 16.3. The molecule has 0 aromatic carbocycles. The normalized spacial score (nSPS) is 71.2. The van der Waals surface area contributed by atoms with Crippen LogP contribution >= 0.6 is 0 Å². The maximum atomic E-state index is 9.77. The van der Waals surface area contributed by atoms with Crippen LogP contribution in [-0.4, -0.2) is 11.2 Å². The third-order valence-electron chi connectivity index (χ3n) is 5.47. The summed E-state index contributed by atoms with van der Waals surface area (Å²) in [6.07, 6.45) is 5.63. The van der Waals surface area contributed by atoms with E-state index in [1.807, 2.05) is 0 Å². The first kappa shape index (κ1) is 6.42. The van der Waals surface area contributed by atoms with Crippen molar-refractivity contribution < 1.29 is 5.11 Å². The smallest absolute Gasteiger partial charge is 0.0574 e. The van der Waals surface area contributed by atoms with Crippen molar-refractivity contribution in [3.63, 3.8) is 0 Å². The van der Waals surface area contributed by atoms with E-state index < -0.39 is 0 Å². The standard InChI is InChI=1S/C11H16O/c12-9-4-5-3-8(9)11-7-2-1-6(7)10(5)11/h5-12H,1-4H2. The molecule has 4 rings (SSSR count). The van der Waals surface area contributed by atoms with Gasteiger partial charge in [0.15, 0.2) is 0 Å². The Labute approximate surface area is 73.2 Å². The number of aliphatic hydroxyl groups is 1. The number of fused-ring (bicyclic) bond motifs is 8. The van der Waals surface area contributed by atoms with Crippen molar-refractivity contribution >= 4 is 0 Å². The van der Waals surface area contributed by atoms with Crippen molar-refractivity contribution in [3.8, 4) is 0 Å². The van der Waals surface area contributed by atoms with Gasteiger partial charge in [0.25, 0.3) is 0 Å². The average molecular weight is 164 g/mol. The average Bonchev–Trinajstić information content (AvgIpc) is 2.46. The molecule has 0 aliphatic heterocycles. The van der Waals surface area contributed by atoms with Gasteiger partial charge in [0, 0.05) is 0 Å². The second-order valence-corrected chi connectivity index (χ2v) is 5.52. The molecule has 7 atom stereocenters. The highest BCUT2D eigenvalue weighted by Crippen LogP contribution is 2.72. The summed E-state index contributed by atoms with van der Waals surface area (Å²) in [7, 11) is 0. The van der Waals surface area contributed by atoms with Gasteiger partial charge in [0.1, 0.15) is 0 Å². The highest BCUT2D eigenvalue weighted by molar-refractivity contribution is 5.15. The molecule has 12 heavy (non-hydrogen) atoms. The van der Waals surface area contributed by atoms with Gasteiger partial charge in [-0.1, -0.05) is 0 Å². The molecule has 4 fully saturated rings. The van der Waals surface area contributed by atoms with E-state index in [9.17, 15) is 5.11 Å². The summed E-state index contributed by atoms with van der Waals surface area (Å²) in [6.45, 7) is 0. The van der Waals surface area contributed by atoms with E-state index in [0.29, 0.717) is 0 Å². The lowest BCUT2D eigenvalue weighted by atomic mass is 9.43. The fourth-order valence-electron chi connectivity index (χ4n) is 5.02. The van der Waals surface area contributed by atoms with Crippen molar-refractivity contribution in [1.29, 1.82) is 0 Å². The summed E-state index contributed by atoms with van der Waals surface area (Å²) in [5, 5.41) is 9.77. The molecular formula is C11H16O. The Kier molecular flexibility index (Phi) is 0.934. The molecule has 0 radical (unpaired) electrons. The highest BCUT2D eigenvalue weighted by Gasteiger charge is 2.67. The first-order valence-electron chi connectivity index (χ1n) is 5.54. The topological polar surface area (TPSA) is 20.2 Å². The summed E-state index contributed by atoms with van der Waals surface area (Å²) < 4.78 is 0. The fourth-order valence-corrected chi connectivity index (χ4v) is 5.02. The van der Waals surface area contributed by atoms with Crippen LogP contribution in [0, 0.1) is 35.5 Å². The Hall–Kier alpha value is -0.0400. The van der Waals surface area contributed by atoms with Crippen LogP contribution in [0.2, 0.25) is 0 Å². The number of hydrogen-bond donors (Lipinski definition) is 1. The second kappa shape index (κ2) is 1.75. The fraction of sp³-hybridized carbons (Fsp3) is 1.00. The van der Waals surface area contributed by atoms with E-state index in [4.69, 9.17) is 0 Å². The summed E-state index contributed by atoms with van der Waals surface area (Å²) in [4.78, 5) is 0. The van der Waals surface area contributed by atoms with Crippen LogP contribution in [0.1, 0.15) is 25.7 Å². The van der Waals surface area contributed by atoms with Crippen molar-refractivity contribution in [2.24, 2.45) is 35.5 Å². The number of rotatable bonds is 0. The molecule has 0 aromatic rings. The van der Waals surface area contributed by atoms with E-state index in [1.54, 1.807) is 0 Å². The van der Waals surface area contributed by atoms with Crippen molar-refractivity contribution in [2.45, 2.75) is 31.8 Å². The molecule has 1 nitrogen and oxygen atoms in total. The summed E-state index contributed by atoms with van der Waals surface area (Å²) in [5.41, 5.74) is 0. The Balaban J connectivity index is 1.71. The van der Waals surface area contributed by atoms with Gasteiger partial charge in [-0.3, -0.25) is 0 Å². The third-order valence-corrected chi connectivity index (χ3v) is 5.47. The van der Waals surface area contributed by atoms with Gasteiger partial charge in [0.05, 0.1) is 6.10 Å². The first-order chi connectivity index (χ1) is 5.86. The van der Waals surface area contributed by atoms with Crippen molar-refractivity contribution in [3.05, 3.63) is 0 Å². The van der Waals surface area contributed by atoms with Gasteiger partial charge >= 0.3 is 0 Å². The van der Waals surface area contributed by atoms with Crippen LogP contribution in [0.4, 0.5) is 0 Å². The number of aliphatic hydroxyl groups excluding tert-OH is 1. The molecule has 4 aliphatic carbocycles. The van der Waals surface area contributed by atoms with Crippen molar-refractivity contribution in [2.75, 3.05) is 0 Å². The van der Waals surface area contributed by atoms with Crippen LogP contribution < -0.4 is 0 Å². The molecule has 66 valence electrons. The maximum Gasteiger partial charge on any atom is 0.0574 e. The largest absolute Gasteiger partial charge is 0.393 e. The zero-order chi connectivity index (χ0) is 7.87. The zero-order valence-corrected chi connectivity index (χ0v) is 7.32. The van der Waals surface area contributed by atoms with Gasteiger partial charge < -0.3 is 5.11 Å². The van der Waals surface area contributed by atoms with E-state index >= 15 is 0 Å². The summed E-state index contributed by atoms with van der Waals surface area (Å²) in [6, 6.07) is 0. The minimum atomic E-state index is 0.0952. The van der Waals surface area contributed by atoms with Gasteiger partial charge in [-0.05, 0) is 61.2 Å². The minimum absolute atomic E-state index is 0.0952. The van der Waals surface area contributed by atoms with Crippen LogP contribution in [0.5, 0.6) is 0 Å². The van der Waals surface area contributed by atoms with Crippen LogP contribution in [-0.2, 0) is 0 Å². The Morgan fingerprint density at radius 3 is 2.33 bits per heavy atom. The molecule has 4 aliphatic rings. The molecule has 7 unspecified atom stereocenters. The third kappa shape index (κ3) is 0.477. The maximum absolute atomic E-state index is 9.77. The summed E-state index contributed by atoms with van der Waals surface area (Å²) >= 11 is 0.